The van der Waals surface area contributed by atoms with Gasteiger partial charge in [-0.1, -0.05) is 25.2 Å². The third kappa shape index (κ3) is 3.89. The summed E-state index contributed by atoms with van der Waals surface area (Å²) < 4.78 is 24.5. The van der Waals surface area contributed by atoms with Crippen LogP contribution in [0.1, 0.15) is 36.5 Å². The fourth-order valence-corrected chi connectivity index (χ4v) is 7.04. The van der Waals surface area contributed by atoms with E-state index in [0.29, 0.717) is 6.54 Å². The highest BCUT2D eigenvalue weighted by molar-refractivity contribution is 7.90. The van der Waals surface area contributed by atoms with E-state index in [4.69, 9.17) is 4.98 Å². The highest BCUT2D eigenvalue weighted by atomic mass is 32.2. The Morgan fingerprint density at radius 1 is 1.18 bits per heavy atom. The SMILES string of the molecule is Cc1c(-c2[nH]c3sc(N4CC5(CN(CCS(C)(=O)=O)C5)C4)nc3c2C(C)C)cn(C)c(=O)c1C. The number of aryl methyl sites for hydroxylation is 1. The summed E-state index contributed by atoms with van der Waals surface area (Å²) in [5.74, 6) is 0.521. The van der Waals surface area contributed by atoms with E-state index in [1.807, 2.05) is 20.0 Å². The predicted octanol–water partition coefficient (Wildman–Crippen LogP) is 2.90. The lowest BCUT2D eigenvalue weighted by Crippen LogP contribution is -2.72. The lowest BCUT2D eigenvalue weighted by Gasteiger charge is -2.60. The zero-order valence-electron chi connectivity index (χ0n) is 20.7. The molecule has 2 fully saturated rings. The van der Waals surface area contributed by atoms with Crippen molar-refractivity contribution < 1.29 is 8.42 Å². The van der Waals surface area contributed by atoms with Crippen molar-refractivity contribution in [2.24, 2.45) is 12.5 Å². The Morgan fingerprint density at radius 3 is 2.47 bits per heavy atom. The first-order valence-electron chi connectivity index (χ1n) is 11.7. The third-order valence-electron chi connectivity index (χ3n) is 7.38. The van der Waals surface area contributed by atoms with Crippen LogP contribution in [0.4, 0.5) is 5.13 Å². The molecule has 5 rings (SSSR count). The van der Waals surface area contributed by atoms with Crippen LogP contribution in [0.2, 0.25) is 0 Å². The molecule has 8 nitrogen and oxygen atoms in total. The van der Waals surface area contributed by atoms with Crippen molar-refractivity contribution in [1.82, 2.24) is 19.4 Å². The van der Waals surface area contributed by atoms with Crippen molar-refractivity contribution in [3.8, 4) is 11.3 Å². The molecule has 3 aromatic rings. The first-order valence-corrected chi connectivity index (χ1v) is 14.6. The minimum atomic E-state index is -2.91. The number of sulfone groups is 1. The second-order valence-corrected chi connectivity index (χ2v) is 13.9. The third-order valence-corrected chi connectivity index (χ3v) is 9.33. The number of nitrogens with zero attached hydrogens (tertiary/aromatic N) is 4. The maximum Gasteiger partial charge on any atom is 0.253 e. The van der Waals surface area contributed by atoms with Crippen LogP contribution in [0.5, 0.6) is 0 Å². The number of thiazole rings is 1. The topological polar surface area (TPSA) is 91.3 Å². The lowest BCUT2D eigenvalue weighted by atomic mass is 9.73. The summed E-state index contributed by atoms with van der Waals surface area (Å²) in [6.07, 6.45) is 3.23. The van der Waals surface area contributed by atoms with Crippen LogP contribution in [-0.4, -0.2) is 72.6 Å². The summed E-state index contributed by atoms with van der Waals surface area (Å²) in [7, 11) is -1.11. The first kappa shape index (κ1) is 23.6. The summed E-state index contributed by atoms with van der Waals surface area (Å²) in [6.45, 7) is 12.8. The minimum absolute atomic E-state index is 0.0405. The van der Waals surface area contributed by atoms with Gasteiger partial charge in [-0.15, -0.1) is 0 Å². The van der Waals surface area contributed by atoms with Crippen LogP contribution >= 0.6 is 11.3 Å². The highest BCUT2D eigenvalue weighted by Gasteiger charge is 2.52. The first-order chi connectivity index (χ1) is 15.9. The average Bonchev–Trinajstić information content (AvgIpc) is 3.23. The maximum absolute atomic E-state index is 12.4. The summed E-state index contributed by atoms with van der Waals surface area (Å²) in [5.41, 5.74) is 6.46. The average molecular weight is 504 g/mol. The van der Waals surface area contributed by atoms with E-state index in [9.17, 15) is 13.2 Å². The number of pyridine rings is 1. The molecule has 5 heterocycles. The Labute approximate surface area is 204 Å². The van der Waals surface area contributed by atoms with Crippen molar-refractivity contribution in [3.63, 3.8) is 0 Å². The van der Waals surface area contributed by atoms with Gasteiger partial charge < -0.3 is 19.4 Å². The fraction of sp³-hybridized carbons (Fsp3) is 0.583. The number of aromatic nitrogens is 3. The standard InChI is InChI=1S/C24H33N5O3S2/c1-14(2)18-19(17-9-27(5)22(30)16(4)15(17)3)25-21-20(18)26-23(33-21)29-12-24(13-29)10-28(11-24)7-8-34(6,31)32/h9,14,25H,7-8,10-13H2,1-6H3. The van der Waals surface area contributed by atoms with E-state index >= 15 is 0 Å². The molecule has 34 heavy (non-hydrogen) atoms. The number of likely N-dealkylation sites (tertiary alicyclic amines) is 1. The van der Waals surface area contributed by atoms with Gasteiger partial charge in [-0.25, -0.2) is 13.4 Å². The van der Waals surface area contributed by atoms with Gasteiger partial charge in [-0.3, -0.25) is 4.79 Å². The van der Waals surface area contributed by atoms with E-state index in [0.717, 1.165) is 64.0 Å². The van der Waals surface area contributed by atoms with Gasteiger partial charge in [0.05, 0.1) is 11.4 Å². The monoisotopic (exact) mass is 503 g/mol. The van der Waals surface area contributed by atoms with Crippen molar-refractivity contribution in [1.29, 1.82) is 0 Å². The molecule has 2 aliphatic rings. The quantitative estimate of drug-likeness (QED) is 0.556. The van der Waals surface area contributed by atoms with E-state index < -0.39 is 9.84 Å². The number of H-pyrrole nitrogens is 1. The van der Waals surface area contributed by atoms with E-state index in [1.165, 1.54) is 11.8 Å². The van der Waals surface area contributed by atoms with Crippen LogP contribution in [-0.2, 0) is 16.9 Å². The van der Waals surface area contributed by atoms with Gasteiger partial charge in [0.15, 0.2) is 5.13 Å². The van der Waals surface area contributed by atoms with Crippen LogP contribution in [0, 0.1) is 19.3 Å². The molecule has 0 amide bonds. The molecular formula is C24H33N5O3S2. The zero-order chi connectivity index (χ0) is 24.6. The maximum atomic E-state index is 12.4. The van der Waals surface area contributed by atoms with Crippen LogP contribution in [0.15, 0.2) is 11.0 Å². The highest BCUT2D eigenvalue weighted by Crippen LogP contribution is 2.46. The number of hydrogen-bond acceptors (Lipinski definition) is 7. The zero-order valence-corrected chi connectivity index (χ0v) is 22.4. The molecule has 0 saturated carbocycles. The number of aromatic amines is 1. The smallest absolute Gasteiger partial charge is 0.253 e. The molecule has 10 heteroatoms. The molecule has 0 radical (unpaired) electrons. The molecule has 2 aliphatic heterocycles. The van der Waals surface area contributed by atoms with Crippen molar-refractivity contribution in [3.05, 3.63) is 33.2 Å². The van der Waals surface area contributed by atoms with Gasteiger partial charge >= 0.3 is 0 Å². The lowest BCUT2D eigenvalue weighted by molar-refractivity contribution is -0.0172. The van der Waals surface area contributed by atoms with E-state index in [1.54, 1.807) is 23.0 Å². The number of hydrogen-bond donors (Lipinski definition) is 1. The summed E-state index contributed by atoms with van der Waals surface area (Å²) >= 11 is 1.69. The number of fused-ring (bicyclic) bond motifs is 1. The summed E-state index contributed by atoms with van der Waals surface area (Å²) in [5, 5.41) is 1.04. The molecule has 3 aromatic heterocycles. The Hall–Kier alpha value is -2.17. The molecule has 184 valence electrons. The Morgan fingerprint density at radius 2 is 1.85 bits per heavy atom. The Bertz CT molecular complexity index is 1430. The van der Waals surface area contributed by atoms with Gasteiger partial charge in [0, 0.05) is 74.3 Å². The second kappa shape index (κ2) is 7.93. The van der Waals surface area contributed by atoms with Gasteiger partial charge in [-0.05, 0) is 25.3 Å². The van der Waals surface area contributed by atoms with Crippen LogP contribution in [0.3, 0.4) is 0 Å². The predicted molar refractivity (Wildman–Crippen MR) is 139 cm³/mol. The molecule has 0 unspecified atom stereocenters. The molecule has 1 spiro atoms. The molecule has 1 N–H and O–H groups in total. The molecule has 0 atom stereocenters. The molecule has 0 aromatic carbocycles. The van der Waals surface area contributed by atoms with Gasteiger partial charge in [0.1, 0.15) is 20.2 Å². The van der Waals surface area contributed by atoms with Crippen LogP contribution < -0.4 is 10.5 Å². The second-order valence-electron chi connectivity index (χ2n) is 10.6. The van der Waals surface area contributed by atoms with Crippen LogP contribution in [0.25, 0.3) is 21.6 Å². The number of nitrogens with one attached hydrogen (secondary N) is 1. The molecule has 0 bridgehead atoms. The summed E-state index contributed by atoms with van der Waals surface area (Å²) in [6, 6.07) is 0. The normalized spacial score (nSPS) is 18.1. The molecule has 2 saturated heterocycles. The largest absolute Gasteiger partial charge is 0.347 e. The minimum Gasteiger partial charge on any atom is -0.347 e. The Kier molecular flexibility index (Phi) is 5.49. The fourth-order valence-electron chi connectivity index (χ4n) is 5.47. The molecular weight excluding hydrogens is 470 g/mol. The van der Waals surface area contributed by atoms with Crippen molar-refractivity contribution in [2.75, 3.05) is 49.6 Å². The van der Waals surface area contributed by atoms with Gasteiger partial charge in [0.2, 0.25) is 0 Å². The van der Waals surface area contributed by atoms with Crippen molar-refractivity contribution >= 4 is 36.7 Å². The number of rotatable bonds is 6. The molecule has 0 aliphatic carbocycles. The van der Waals surface area contributed by atoms with E-state index in [2.05, 4.69) is 28.6 Å². The number of anilines is 1. The Balaban J connectivity index is 1.37. The van der Waals surface area contributed by atoms with Gasteiger partial charge in [-0.2, -0.15) is 0 Å². The van der Waals surface area contributed by atoms with Gasteiger partial charge in [0.25, 0.3) is 5.56 Å². The van der Waals surface area contributed by atoms with E-state index in [-0.39, 0.29) is 22.6 Å². The summed E-state index contributed by atoms with van der Waals surface area (Å²) in [4.78, 5) is 26.7. The van der Waals surface area contributed by atoms with Crippen molar-refractivity contribution in [2.45, 2.75) is 33.6 Å².